The zero-order chi connectivity index (χ0) is 12.3. The van der Waals surface area contributed by atoms with E-state index < -0.39 is 5.91 Å². The Balaban J connectivity index is 3.09. The topological polar surface area (TPSA) is 72.3 Å². The smallest absolute Gasteiger partial charge is 0.236 e. The number of amides is 1. The van der Waals surface area contributed by atoms with Crippen LogP contribution in [-0.4, -0.2) is 19.0 Å². The van der Waals surface area contributed by atoms with Gasteiger partial charge >= 0.3 is 0 Å². The van der Waals surface area contributed by atoms with Crippen LogP contribution in [0.4, 0.5) is 15.8 Å². The van der Waals surface area contributed by atoms with Gasteiger partial charge in [0.05, 0.1) is 21.5 Å². The largest absolute Gasteiger partial charge is 0.397 e. The highest BCUT2D eigenvalue weighted by molar-refractivity contribution is 14.1. The predicted octanol–water partition coefficient (Wildman–Crippen LogP) is 1.32. The molecule has 16 heavy (non-hydrogen) atoms. The number of likely N-dealkylation sites (N-methyl/N-ethyl adjacent to an activating group) is 1. The molecule has 0 fully saturated rings. The maximum absolute atomic E-state index is 13.4. The summed E-state index contributed by atoms with van der Waals surface area (Å²) in [7, 11) is 0. The fourth-order valence-corrected chi connectivity index (χ4v) is 1.87. The summed E-state index contributed by atoms with van der Waals surface area (Å²) in [6.07, 6.45) is 0. The lowest BCUT2D eigenvalue weighted by molar-refractivity contribution is -0.116. The van der Waals surface area contributed by atoms with Gasteiger partial charge in [-0.3, -0.25) is 4.79 Å². The molecule has 0 aliphatic rings. The van der Waals surface area contributed by atoms with E-state index in [-0.39, 0.29) is 12.4 Å². The Kier molecular flexibility index (Phi) is 4.34. The molecule has 0 aliphatic carbocycles. The Labute approximate surface area is 107 Å². The van der Waals surface area contributed by atoms with E-state index in [0.29, 0.717) is 21.5 Å². The number of anilines is 2. The summed E-state index contributed by atoms with van der Waals surface area (Å²) in [5.41, 5.74) is 11.8. The summed E-state index contributed by atoms with van der Waals surface area (Å²) in [5, 5.41) is 0. The third kappa shape index (κ3) is 2.97. The van der Waals surface area contributed by atoms with Gasteiger partial charge in [0.15, 0.2) is 0 Å². The number of halogens is 2. The van der Waals surface area contributed by atoms with Crippen molar-refractivity contribution in [3.63, 3.8) is 0 Å². The first-order chi connectivity index (χ1) is 7.45. The molecule has 4 nitrogen and oxygen atoms in total. The minimum Gasteiger partial charge on any atom is -0.397 e. The highest BCUT2D eigenvalue weighted by Gasteiger charge is 2.13. The first-order valence-electron chi connectivity index (χ1n) is 4.73. The van der Waals surface area contributed by atoms with Gasteiger partial charge in [0, 0.05) is 12.6 Å². The molecule has 0 aliphatic heterocycles. The average molecular weight is 337 g/mol. The lowest BCUT2D eigenvalue weighted by atomic mass is 10.2. The van der Waals surface area contributed by atoms with Crippen molar-refractivity contribution in [2.24, 2.45) is 5.73 Å². The summed E-state index contributed by atoms with van der Waals surface area (Å²) >= 11 is 1.86. The second-order valence-electron chi connectivity index (χ2n) is 3.31. The predicted molar refractivity (Wildman–Crippen MR) is 70.6 cm³/mol. The third-order valence-corrected chi connectivity index (χ3v) is 2.97. The van der Waals surface area contributed by atoms with Crippen LogP contribution in [0.3, 0.4) is 0 Å². The highest BCUT2D eigenvalue weighted by atomic mass is 127. The maximum atomic E-state index is 13.4. The molecule has 88 valence electrons. The molecular weight excluding hydrogens is 324 g/mol. The molecule has 0 saturated carbocycles. The molecule has 6 heteroatoms. The van der Waals surface area contributed by atoms with Gasteiger partial charge in [0.2, 0.25) is 5.91 Å². The van der Waals surface area contributed by atoms with Crippen LogP contribution >= 0.6 is 22.6 Å². The number of nitrogens with two attached hydrogens (primary N) is 2. The number of nitrogens with zero attached hydrogens (tertiary/aromatic N) is 1. The van der Waals surface area contributed by atoms with Crippen molar-refractivity contribution in [1.82, 2.24) is 0 Å². The van der Waals surface area contributed by atoms with Crippen molar-refractivity contribution in [2.45, 2.75) is 6.92 Å². The minimum atomic E-state index is -0.472. The van der Waals surface area contributed by atoms with Crippen LogP contribution in [0.1, 0.15) is 6.92 Å². The molecule has 4 N–H and O–H groups in total. The Hall–Kier alpha value is -1.05. The molecule has 0 heterocycles. The number of nitrogen functional groups attached to an aromatic ring is 1. The Morgan fingerprint density at radius 1 is 1.56 bits per heavy atom. The molecule has 0 atom stereocenters. The summed E-state index contributed by atoms with van der Waals surface area (Å²) in [5.74, 6) is -0.826. The minimum absolute atomic E-state index is 0.0285. The second-order valence-corrected chi connectivity index (χ2v) is 4.47. The summed E-state index contributed by atoms with van der Waals surface area (Å²) in [6, 6.07) is 2.86. The summed E-state index contributed by atoms with van der Waals surface area (Å²) < 4.78 is 13.8. The van der Waals surface area contributed by atoms with Crippen LogP contribution in [0, 0.1) is 9.39 Å². The molecule has 1 amide bonds. The van der Waals surface area contributed by atoms with E-state index in [9.17, 15) is 9.18 Å². The van der Waals surface area contributed by atoms with Crippen LogP contribution < -0.4 is 16.4 Å². The molecule has 0 spiro atoms. The summed E-state index contributed by atoms with van der Waals surface area (Å²) in [6.45, 7) is 2.41. The lowest BCUT2D eigenvalue weighted by Gasteiger charge is -2.23. The van der Waals surface area contributed by atoms with Crippen molar-refractivity contribution < 1.29 is 9.18 Å². The number of hydrogen-bond acceptors (Lipinski definition) is 3. The third-order valence-electron chi connectivity index (χ3n) is 2.14. The fourth-order valence-electron chi connectivity index (χ4n) is 1.38. The molecule has 1 aromatic rings. The standard InChI is InChI=1S/C10H13FIN3O/c1-2-15(5-10(14)16)9-3-6(11)7(12)4-8(9)13/h3-4H,2,5,13H2,1H3,(H2,14,16). The van der Waals surface area contributed by atoms with Crippen LogP contribution in [0.15, 0.2) is 12.1 Å². The van der Waals surface area contributed by atoms with Crippen LogP contribution in [0.5, 0.6) is 0 Å². The molecule has 0 bridgehead atoms. The molecule has 0 aromatic heterocycles. The zero-order valence-corrected chi connectivity index (χ0v) is 11.0. The van der Waals surface area contributed by atoms with Crippen LogP contribution in [0.25, 0.3) is 0 Å². The number of benzene rings is 1. The van der Waals surface area contributed by atoms with E-state index in [1.54, 1.807) is 4.90 Å². The fraction of sp³-hybridized carbons (Fsp3) is 0.300. The van der Waals surface area contributed by atoms with Gasteiger partial charge in [-0.15, -0.1) is 0 Å². The van der Waals surface area contributed by atoms with Crippen molar-refractivity contribution in [3.8, 4) is 0 Å². The Morgan fingerprint density at radius 3 is 2.69 bits per heavy atom. The zero-order valence-electron chi connectivity index (χ0n) is 8.84. The van der Waals surface area contributed by atoms with Gasteiger partial charge < -0.3 is 16.4 Å². The number of carbonyl (C=O) groups excluding carboxylic acids is 1. The van der Waals surface area contributed by atoms with E-state index in [1.807, 2.05) is 29.5 Å². The number of rotatable bonds is 4. The van der Waals surface area contributed by atoms with E-state index in [1.165, 1.54) is 12.1 Å². The van der Waals surface area contributed by atoms with Gasteiger partial charge in [-0.2, -0.15) is 0 Å². The lowest BCUT2D eigenvalue weighted by Crippen LogP contribution is -2.34. The molecular formula is C10H13FIN3O. The van der Waals surface area contributed by atoms with Crippen molar-refractivity contribution >= 4 is 39.9 Å². The molecule has 0 saturated heterocycles. The first kappa shape index (κ1) is 13.0. The molecule has 0 radical (unpaired) electrons. The number of primary amides is 1. The molecule has 1 aromatic carbocycles. The van der Waals surface area contributed by atoms with Crippen molar-refractivity contribution in [1.29, 1.82) is 0 Å². The Morgan fingerprint density at radius 2 is 2.19 bits per heavy atom. The maximum Gasteiger partial charge on any atom is 0.236 e. The van der Waals surface area contributed by atoms with Crippen molar-refractivity contribution in [3.05, 3.63) is 21.5 Å². The number of hydrogen-bond donors (Lipinski definition) is 2. The van der Waals surface area contributed by atoms with Gasteiger partial charge in [-0.25, -0.2) is 4.39 Å². The van der Waals surface area contributed by atoms with E-state index in [4.69, 9.17) is 11.5 Å². The quantitative estimate of drug-likeness (QED) is 0.643. The average Bonchev–Trinajstić information content (AvgIpc) is 2.20. The summed E-state index contributed by atoms with van der Waals surface area (Å²) in [4.78, 5) is 12.5. The highest BCUT2D eigenvalue weighted by Crippen LogP contribution is 2.27. The monoisotopic (exact) mass is 337 g/mol. The van der Waals surface area contributed by atoms with Crippen LogP contribution in [-0.2, 0) is 4.79 Å². The number of carbonyl (C=O) groups is 1. The normalized spacial score (nSPS) is 10.2. The Bertz CT molecular complexity index is 411. The first-order valence-corrected chi connectivity index (χ1v) is 5.81. The van der Waals surface area contributed by atoms with Gasteiger partial charge in [-0.1, -0.05) is 0 Å². The van der Waals surface area contributed by atoms with Gasteiger partial charge in [-0.05, 0) is 35.6 Å². The SMILES string of the molecule is CCN(CC(N)=O)c1cc(F)c(I)cc1N. The van der Waals surface area contributed by atoms with E-state index >= 15 is 0 Å². The van der Waals surface area contributed by atoms with Gasteiger partial charge in [0.25, 0.3) is 0 Å². The molecule has 0 unspecified atom stereocenters. The van der Waals surface area contributed by atoms with Crippen molar-refractivity contribution in [2.75, 3.05) is 23.7 Å². The van der Waals surface area contributed by atoms with E-state index in [2.05, 4.69) is 0 Å². The van der Waals surface area contributed by atoms with Crippen LogP contribution in [0.2, 0.25) is 0 Å². The molecule has 1 rings (SSSR count). The van der Waals surface area contributed by atoms with E-state index in [0.717, 1.165) is 0 Å². The van der Waals surface area contributed by atoms with Gasteiger partial charge in [0.1, 0.15) is 5.82 Å². The second kappa shape index (κ2) is 5.33.